The number of aromatic nitrogens is 1. The van der Waals surface area contributed by atoms with Crippen LogP contribution in [0.25, 0.3) is 0 Å². The van der Waals surface area contributed by atoms with Crippen LogP contribution in [0.1, 0.15) is 22.8 Å². The maximum absolute atomic E-state index is 12.5. The van der Waals surface area contributed by atoms with E-state index in [1.807, 2.05) is 12.1 Å². The van der Waals surface area contributed by atoms with Crippen molar-refractivity contribution in [2.45, 2.75) is 6.92 Å². The number of amides is 2. The maximum Gasteiger partial charge on any atom is 0.338 e. The first-order valence-corrected chi connectivity index (χ1v) is 9.05. The highest BCUT2D eigenvalue weighted by atomic mass is 16.5. The van der Waals surface area contributed by atoms with Gasteiger partial charge in [-0.05, 0) is 37.3 Å². The Labute approximate surface area is 163 Å². The van der Waals surface area contributed by atoms with E-state index in [0.29, 0.717) is 49.6 Å². The van der Waals surface area contributed by atoms with Crippen molar-refractivity contribution in [3.63, 3.8) is 0 Å². The largest absolute Gasteiger partial charge is 0.462 e. The molecular weight excluding hydrogens is 358 g/mol. The van der Waals surface area contributed by atoms with Gasteiger partial charge in [-0.25, -0.2) is 14.6 Å². The Morgan fingerprint density at radius 1 is 1.21 bits per heavy atom. The fourth-order valence-electron chi connectivity index (χ4n) is 2.92. The Bertz CT molecular complexity index is 883. The quantitative estimate of drug-likeness (QED) is 0.820. The van der Waals surface area contributed by atoms with E-state index in [2.05, 4.69) is 15.2 Å². The molecule has 0 spiro atoms. The fraction of sp³-hybridized carbons (Fsp3) is 0.300. The van der Waals surface area contributed by atoms with Crippen LogP contribution in [0.15, 0.2) is 42.6 Å². The van der Waals surface area contributed by atoms with E-state index in [1.165, 1.54) is 0 Å². The molecule has 3 rings (SSSR count). The highest BCUT2D eigenvalue weighted by Crippen LogP contribution is 2.16. The summed E-state index contributed by atoms with van der Waals surface area (Å²) < 4.78 is 4.98. The SMILES string of the molecule is CCOC(=O)c1cccc(NC(=O)N2CCN(c3ccc(C#N)cn3)CC2)c1. The van der Waals surface area contributed by atoms with Gasteiger partial charge in [-0.2, -0.15) is 5.26 Å². The Morgan fingerprint density at radius 3 is 2.64 bits per heavy atom. The number of nitrogens with zero attached hydrogens (tertiary/aromatic N) is 4. The van der Waals surface area contributed by atoms with Crippen molar-refractivity contribution in [1.29, 1.82) is 5.26 Å². The van der Waals surface area contributed by atoms with E-state index in [9.17, 15) is 9.59 Å². The Balaban J connectivity index is 1.56. The second kappa shape index (κ2) is 8.86. The number of ether oxygens (including phenoxy) is 1. The molecule has 2 aromatic rings. The first kappa shape index (κ1) is 19.2. The number of urea groups is 1. The van der Waals surface area contributed by atoms with Crippen LogP contribution in [0.2, 0.25) is 0 Å². The average molecular weight is 379 g/mol. The summed E-state index contributed by atoms with van der Waals surface area (Å²) in [5, 5.41) is 11.7. The number of rotatable bonds is 4. The molecule has 0 bridgehead atoms. The molecule has 2 heterocycles. The summed E-state index contributed by atoms with van der Waals surface area (Å²) in [6, 6.07) is 12.1. The molecule has 0 radical (unpaired) electrons. The van der Waals surface area contributed by atoms with Gasteiger partial charge in [0.2, 0.25) is 0 Å². The van der Waals surface area contributed by atoms with Crippen LogP contribution < -0.4 is 10.2 Å². The minimum atomic E-state index is -0.415. The molecule has 8 nitrogen and oxygen atoms in total. The zero-order valence-corrected chi connectivity index (χ0v) is 15.6. The van der Waals surface area contributed by atoms with Crippen molar-refractivity contribution >= 4 is 23.5 Å². The summed E-state index contributed by atoms with van der Waals surface area (Å²) in [4.78, 5) is 32.4. The van der Waals surface area contributed by atoms with Crippen LogP contribution in [0.4, 0.5) is 16.3 Å². The van der Waals surface area contributed by atoms with Crippen LogP contribution in [0.3, 0.4) is 0 Å². The van der Waals surface area contributed by atoms with Crippen molar-refractivity contribution in [3.8, 4) is 6.07 Å². The minimum Gasteiger partial charge on any atom is -0.462 e. The summed E-state index contributed by atoms with van der Waals surface area (Å²) in [7, 11) is 0. The van der Waals surface area contributed by atoms with Gasteiger partial charge in [0.15, 0.2) is 0 Å². The van der Waals surface area contributed by atoms with Gasteiger partial charge < -0.3 is 19.9 Å². The lowest BCUT2D eigenvalue weighted by molar-refractivity contribution is 0.0526. The number of carbonyl (C=O) groups excluding carboxylic acids is 2. The number of piperazine rings is 1. The predicted molar refractivity (Wildman–Crippen MR) is 104 cm³/mol. The summed E-state index contributed by atoms with van der Waals surface area (Å²) in [6.07, 6.45) is 1.55. The van der Waals surface area contributed by atoms with Crippen molar-refractivity contribution < 1.29 is 14.3 Å². The standard InChI is InChI=1S/C20H21N5O3/c1-2-28-19(26)16-4-3-5-17(12-16)23-20(27)25-10-8-24(9-11-25)18-7-6-15(13-21)14-22-18/h3-7,12,14H,2,8-11H2,1H3,(H,23,27). The fourth-order valence-corrected chi connectivity index (χ4v) is 2.92. The summed E-state index contributed by atoms with van der Waals surface area (Å²) in [5.41, 5.74) is 1.47. The van der Waals surface area contributed by atoms with Gasteiger partial charge in [-0.15, -0.1) is 0 Å². The van der Waals surface area contributed by atoms with Crippen LogP contribution >= 0.6 is 0 Å². The number of nitrogens with one attached hydrogen (secondary N) is 1. The van der Waals surface area contributed by atoms with Gasteiger partial charge in [0.25, 0.3) is 0 Å². The van der Waals surface area contributed by atoms with Gasteiger partial charge >= 0.3 is 12.0 Å². The van der Waals surface area contributed by atoms with Crippen LogP contribution in [-0.2, 0) is 4.74 Å². The lowest BCUT2D eigenvalue weighted by Gasteiger charge is -2.35. The number of esters is 1. The summed E-state index contributed by atoms with van der Waals surface area (Å²) in [5.74, 6) is 0.378. The topological polar surface area (TPSA) is 98.6 Å². The molecule has 0 atom stereocenters. The smallest absolute Gasteiger partial charge is 0.338 e. The second-order valence-corrected chi connectivity index (χ2v) is 6.22. The van der Waals surface area contributed by atoms with Crippen molar-refractivity contribution in [2.24, 2.45) is 0 Å². The number of carbonyl (C=O) groups is 2. The third-order valence-corrected chi connectivity index (χ3v) is 4.39. The Kier molecular flexibility index (Phi) is 6.07. The van der Waals surface area contributed by atoms with Gasteiger partial charge in [-0.1, -0.05) is 6.07 Å². The van der Waals surface area contributed by atoms with E-state index in [0.717, 1.165) is 5.82 Å². The van der Waals surface area contributed by atoms with E-state index in [4.69, 9.17) is 10.00 Å². The van der Waals surface area contributed by atoms with E-state index in [-0.39, 0.29) is 6.03 Å². The first-order chi connectivity index (χ1) is 13.6. The zero-order chi connectivity index (χ0) is 19.9. The van der Waals surface area contributed by atoms with Crippen LogP contribution in [0.5, 0.6) is 0 Å². The van der Waals surface area contributed by atoms with Gasteiger partial charge in [-0.3, -0.25) is 0 Å². The summed E-state index contributed by atoms with van der Waals surface area (Å²) in [6.45, 7) is 4.44. The normalized spacial score (nSPS) is 13.6. The number of benzene rings is 1. The first-order valence-electron chi connectivity index (χ1n) is 9.05. The average Bonchev–Trinajstić information content (AvgIpc) is 2.74. The monoisotopic (exact) mass is 379 g/mol. The number of nitriles is 1. The number of anilines is 2. The molecule has 1 saturated heterocycles. The Hall–Kier alpha value is -3.60. The molecule has 1 aromatic carbocycles. The van der Waals surface area contributed by atoms with Crippen molar-refractivity contribution in [3.05, 3.63) is 53.7 Å². The lowest BCUT2D eigenvalue weighted by atomic mass is 10.2. The van der Waals surface area contributed by atoms with Crippen LogP contribution in [-0.4, -0.2) is 54.7 Å². The summed E-state index contributed by atoms with van der Waals surface area (Å²) >= 11 is 0. The maximum atomic E-state index is 12.5. The highest BCUT2D eigenvalue weighted by molar-refractivity contribution is 5.94. The molecule has 0 aliphatic carbocycles. The number of hydrogen-bond acceptors (Lipinski definition) is 6. The molecule has 1 fully saturated rings. The van der Waals surface area contributed by atoms with E-state index < -0.39 is 5.97 Å². The molecule has 1 N–H and O–H groups in total. The molecule has 0 unspecified atom stereocenters. The van der Waals surface area contributed by atoms with Gasteiger partial charge in [0.1, 0.15) is 11.9 Å². The minimum absolute atomic E-state index is 0.214. The highest BCUT2D eigenvalue weighted by Gasteiger charge is 2.22. The zero-order valence-electron chi connectivity index (χ0n) is 15.6. The second-order valence-electron chi connectivity index (χ2n) is 6.22. The molecule has 0 saturated carbocycles. The van der Waals surface area contributed by atoms with Crippen molar-refractivity contribution in [2.75, 3.05) is 43.0 Å². The molecule has 28 heavy (non-hydrogen) atoms. The number of pyridine rings is 1. The predicted octanol–water partition coefficient (Wildman–Crippen LogP) is 2.48. The third kappa shape index (κ3) is 4.57. The lowest BCUT2D eigenvalue weighted by Crippen LogP contribution is -2.50. The van der Waals surface area contributed by atoms with E-state index >= 15 is 0 Å². The molecule has 1 aromatic heterocycles. The van der Waals surface area contributed by atoms with Gasteiger partial charge in [0, 0.05) is 38.1 Å². The van der Waals surface area contributed by atoms with Gasteiger partial charge in [0.05, 0.1) is 17.7 Å². The van der Waals surface area contributed by atoms with E-state index in [1.54, 1.807) is 48.4 Å². The third-order valence-electron chi connectivity index (χ3n) is 4.39. The molecule has 1 aliphatic rings. The molecule has 1 aliphatic heterocycles. The molecular formula is C20H21N5O3. The van der Waals surface area contributed by atoms with Crippen molar-refractivity contribution in [1.82, 2.24) is 9.88 Å². The molecule has 144 valence electrons. The number of hydrogen-bond donors (Lipinski definition) is 1. The Morgan fingerprint density at radius 2 is 2.00 bits per heavy atom. The van der Waals surface area contributed by atoms with Crippen LogP contribution in [0, 0.1) is 11.3 Å². The molecule has 8 heteroatoms. The molecule has 2 amide bonds.